The van der Waals surface area contributed by atoms with Crippen LogP contribution in [0.2, 0.25) is 0 Å². The summed E-state index contributed by atoms with van der Waals surface area (Å²) in [4.78, 5) is 23.8. The Hall–Kier alpha value is -0.710. The van der Waals surface area contributed by atoms with Crippen molar-refractivity contribution in [3.8, 4) is 0 Å². The van der Waals surface area contributed by atoms with Crippen LogP contribution in [0.25, 0.3) is 0 Å². The number of ether oxygens (including phenoxy) is 2. The van der Waals surface area contributed by atoms with E-state index < -0.39 is 10.3 Å². The SMILES string of the molecule is CCOC(=O)C1(C)CC(C(=O)OC(C)(C)C)CS1. The molecule has 1 heterocycles. The predicted octanol–water partition coefficient (Wildman–Crippen LogP) is 2.40. The molecular formula is C13H22O4S. The average molecular weight is 274 g/mol. The number of carbonyl (C=O) groups is 2. The lowest BCUT2D eigenvalue weighted by Crippen LogP contribution is -2.34. The largest absolute Gasteiger partial charge is 0.465 e. The molecule has 18 heavy (non-hydrogen) atoms. The number of thioether (sulfide) groups is 1. The molecule has 1 aliphatic heterocycles. The quantitative estimate of drug-likeness (QED) is 0.740. The van der Waals surface area contributed by atoms with Gasteiger partial charge in [0.15, 0.2) is 0 Å². The van der Waals surface area contributed by atoms with Crippen molar-refractivity contribution in [2.24, 2.45) is 5.92 Å². The van der Waals surface area contributed by atoms with E-state index in [9.17, 15) is 9.59 Å². The monoisotopic (exact) mass is 274 g/mol. The first-order chi connectivity index (χ1) is 8.18. The molecule has 104 valence electrons. The van der Waals surface area contributed by atoms with Gasteiger partial charge >= 0.3 is 11.9 Å². The fraction of sp³-hybridized carbons (Fsp3) is 0.846. The summed E-state index contributed by atoms with van der Waals surface area (Å²) in [6.07, 6.45) is 0.491. The first-order valence-electron chi connectivity index (χ1n) is 6.22. The standard InChI is InChI=1S/C13H22O4S/c1-6-16-11(15)13(5)7-9(8-18-13)10(14)17-12(2,3)4/h9H,6-8H2,1-5H3. The maximum absolute atomic E-state index is 11.9. The maximum atomic E-state index is 11.9. The topological polar surface area (TPSA) is 52.6 Å². The molecule has 2 unspecified atom stereocenters. The predicted molar refractivity (Wildman–Crippen MR) is 71.4 cm³/mol. The summed E-state index contributed by atoms with van der Waals surface area (Å²) in [5, 5.41) is 0. The van der Waals surface area contributed by atoms with Gasteiger partial charge in [0.1, 0.15) is 10.3 Å². The Kier molecular flexibility index (Phi) is 4.70. The van der Waals surface area contributed by atoms with Crippen LogP contribution >= 0.6 is 11.8 Å². The van der Waals surface area contributed by atoms with Gasteiger partial charge in [0, 0.05) is 5.75 Å². The Labute approximate surface area is 113 Å². The van der Waals surface area contributed by atoms with Gasteiger partial charge in [-0.2, -0.15) is 0 Å². The van der Waals surface area contributed by atoms with Gasteiger partial charge in [-0.05, 0) is 41.0 Å². The van der Waals surface area contributed by atoms with Crippen LogP contribution < -0.4 is 0 Å². The van der Waals surface area contributed by atoms with Crippen LogP contribution in [0.15, 0.2) is 0 Å². The normalized spacial score (nSPS) is 27.9. The van der Waals surface area contributed by atoms with Crippen molar-refractivity contribution < 1.29 is 19.1 Å². The van der Waals surface area contributed by atoms with Crippen LogP contribution in [0, 0.1) is 5.92 Å². The van der Waals surface area contributed by atoms with Crippen molar-refractivity contribution in [2.45, 2.75) is 51.4 Å². The van der Waals surface area contributed by atoms with Gasteiger partial charge < -0.3 is 9.47 Å². The van der Waals surface area contributed by atoms with Gasteiger partial charge in [-0.1, -0.05) is 0 Å². The summed E-state index contributed by atoms with van der Waals surface area (Å²) in [7, 11) is 0. The highest BCUT2D eigenvalue weighted by Crippen LogP contribution is 2.43. The van der Waals surface area contributed by atoms with Gasteiger partial charge in [-0.3, -0.25) is 9.59 Å². The number of rotatable bonds is 3. The van der Waals surface area contributed by atoms with Crippen LogP contribution in [-0.2, 0) is 19.1 Å². The molecule has 0 saturated carbocycles. The van der Waals surface area contributed by atoms with Crippen molar-refractivity contribution in [2.75, 3.05) is 12.4 Å². The average Bonchev–Trinajstić information content (AvgIpc) is 2.60. The fourth-order valence-corrected chi connectivity index (χ4v) is 3.15. The zero-order chi connectivity index (χ0) is 14.0. The van der Waals surface area contributed by atoms with E-state index in [0.717, 1.165) is 0 Å². The molecule has 0 aromatic heterocycles. The minimum absolute atomic E-state index is 0.219. The molecule has 0 N–H and O–H groups in total. The smallest absolute Gasteiger partial charge is 0.321 e. The first-order valence-corrected chi connectivity index (χ1v) is 7.20. The minimum atomic E-state index is -0.614. The third-order valence-corrected chi connectivity index (χ3v) is 4.23. The second-order valence-electron chi connectivity index (χ2n) is 5.70. The van der Waals surface area contributed by atoms with Crippen LogP contribution in [0.4, 0.5) is 0 Å². The molecule has 0 bridgehead atoms. The molecule has 0 aromatic carbocycles. The fourth-order valence-electron chi connectivity index (χ4n) is 1.84. The highest BCUT2D eigenvalue weighted by atomic mass is 32.2. The molecule has 0 aliphatic carbocycles. The lowest BCUT2D eigenvalue weighted by atomic mass is 9.97. The highest BCUT2D eigenvalue weighted by Gasteiger charge is 2.46. The Balaban J connectivity index is 2.60. The lowest BCUT2D eigenvalue weighted by molar-refractivity contribution is -0.159. The third kappa shape index (κ3) is 3.90. The molecule has 0 radical (unpaired) electrons. The van der Waals surface area contributed by atoms with Gasteiger partial charge in [0.2, 0.25) is 0 Å². The van der Waals surface area contributed by atoms with Crippen molar-refractivity contribution in [3.05, 3.63) is 0 Å². The van der Waals surface area contributed by atoms with E-state index in [2.05, 4.69) is 0 Å². The van der Waals surface area contributed by atoms with Crippen LogP contribution in [0.5, 0.6) is 0 Å². The highest BCUT2D eigenvalue weighted by molar-refractivity contribution is 8.01. The summed E-state index contributed by atoms with van der Waals surface area (Å²) in [5.74, 6) is -0.0581. The molecular weight excluding hydrogens is 252 g/mol. The van der Waals surface area contributed by atoms with E-state index in [1.807, 2.05) is 27.7 Å². The summed E-state index contributed by atoms with van der Waals surface area (Å²) in [6.45, 7) is 9.52. The maximum Gasteiger partial charge on any atom is 0.321 e. The zero-order valence-corrected chi connectivity index (χ0v) is 12.6. The van der Waals surface area contributed by atoms with Crippen molar-refractivity contribution in [1.29, 1.82) is 0 Å². The van der Waals surface area contributed by atoms with E-state index in [-0.39, 0.29) is 17.9 Å². The Morgan fingerprint density at radius 1 is 1.39 bits per heavy atom. The third-order valence-electron chi connectivity index (χ3n) is 2.69. The summed E-state index contributed by atoms with van der Waals surface area (Å²) >= 11 is 1.48. The summed E-state index contributed by atoms with van der Waals surface area (Å²) < 4.78 is 9.78. The molecule has 4 nitrogen and oxygen atoms in total. The zero-order valence-electron chi connectivity index (χ0n) is 11.7. The molecule has 0 amide bonds. The molecule has 1 fully saturated rings. The number of carbonyl (C=O) groups excluding carboxylic acids is 2. The summed E-state index contributed by atoms with van der Waals surface area (Å²) in [5.41, 5.74) is -0.481. The first kappa shape index (κ1) is 15.3. The molecule has 0 aromatic rings. The number of hydrogen-bond acceptors (Lipinski definition) is 5. The van der Waals surface area contributed by atoms with Gasteiger partial charge in [-0.25, -0.2) is 0 Å². The number of esters is 2. The van der Waals surface area contributed by atoms with Crippen LogP contribution in [0.3, 0.4) is 0 Å². The van der Waals surface area contributed by atoms with Gasteiger partial charge in [-0.15, -0.1) is 11.8 Å². The summed E-state index contributed by atoms with van der Waals surface area (Å²) in [6, 6.07) is 0. The van der Waals surface area contributed by atoms with E-state index in [1.165, 1.54) is 11.8 Å². The van der Waals surface area contributed by atoms with E-state index in [4.69, 9.17) is 9.47 Å². The molecule has 2 atom stereocenters. The second kappa shape index (κ2) is 5.51. The Morgan fingerprint density at radius 3 is 2.50 bits per heavy atom. The number of hydrogen-bond donors (Lipinski definition) is 0. The van der Waals surface area contributed by atoms with Gasteiger partial charge in [0.05, 0.1) is 12.5 Å². The Bertz CT molecular complexity index is 334. The van der Waals surface area contributed by atoms with Crippen molar-refractivity contribution in [3.63, 3.8) is 0 Å². The van der Waals surface area contributed by atoms with Crippen molar-refractivity contribution in [1.82, 2.24) is 0 Å². The molecule has 1 saturated heterocycles. The van der Waals surface area contributed by atoms with E-state index in [1.54, 1.807) is 6.92 Å². The van der Waals surface area contributed by atoms with E-state index in [0.29, 0.717) is 18.8 Å². The Morgan fingerprint density at radius 2 is 2.00 bits per heavy atom. The minimum Gasteiger partial charge on any atom is -0.465 e. The molecule has 0 spiro atoms. The lowest BCUT2D eigenvalue weighted by Gasteiger charge is -2.23. The molecule has 1 aliphatic rings. The molecule has 5 heteroatoms. The van der Waals surface area contributed by atoms with Gasteiger partial charge in [0.25, 0.3) is 0 Å². The van der Waals surface area contributed by atoms with E-state index >= 15 is 0 Å². The van der Waals surface area contributed by atoms with Crippen LogP contribution in [0.1, 0.15) is 41.0 Å². The van der Waals surface area contributed by atoms with Crippen LogP contribution in [-0.4, -0.2) is 34.6 Å². The van der Waals surface area contributed by atoms with Crippen molar-refractivity contribution >= 4 is 23.7 Å². The second-order valence-corrected chi connectivity index (χ2v) is 7.22. The molecule has 1 rings (SSSR count).